The third-order valence-electron chi connectivity index (χ3n) is 6.16. The molecule has 190 valence electrons. The van der Waals surface area contributed by atoms with E-state index in [2.05, 4.69) is 30.6 Å². The van der Waals surface area contributed by atoms with E-state index in [1.807, 2.05) is 35.2 Å². The Morgan fingerprint density at radius 3 is 2.49 bits per heavy atom. The molecule has 1 aliphatic rings. The molecule has 4 heterocycles. The summed E-state index contributed by atoms with van der Waals surface area (Å²) in [5.41, 5.74) is 7.34. The van der Waals surface area contributed by atoms with Crippen LogP contribution in [0.2, 0.25) is 0 Å². The Morgan fingerprint density at radius 2 is 1.78 bits per heavy atom. The molecule has 0 saturated carbocycles. The molecule has 0 spiro atoms. The van der Waals surface area contributed by atoms with Gasteiger partial charge in [-0.2, -0.15) is 0 Å². The van der Waals surface area contributed by atoms with Crippen LogP contribution in [0.5, 0.6) is 0 Å². The van der Waals surface area contributed by atoms with E-state index in [0.29, 0.717) is 40.7 Å². The Morgan fingerprint density at radius 1 is 1.05 bits per heavy atom. The van der Waals surface area contributed by atoms with E-state index in [4.69, 9.17) is 4.52 Å². The number of likely N-dealkylation sites (tertiary alicyclic amines) is 1. The zero-order valence-corrected chi connectivity index (χ0v) is 21.7. The van der Waals surface area contributed by atoms with Gasteiger partial charge in [-0.05, 0) is 38.2 Å². The summed E-state index contributed by atoms with van der Waals surface area (Å²) in [5.74, 6) is -0.456. The van der Waals surface area contributed by atoms with Gasteiger partial charge in [0.05, 0.1) is 10.7 Å². The number of thiazole rings is 1. The molecule has 5 rings (SSSR count). The number of rotatable bonds is 5. The van der Waals surface area contributed by atoms with E-state index < -0.39 is 11.8 Å². The van der Waals surface area contributed by atoms with Gasteiger partial charge in [-0.25, -0.2) is 4.98 Å². The molecule has 0 aliphatic carbocycles. The van der Waals surface area contributed by atoms with Gasteiger partial charge in [0.1, 0.15) is 27.6 Å². The number of carbonyl (C=O) groups excluding carboxylic acids is 3. The maximum absolute atomic E-state index is 13.4. The van der Waals surface area contributed by atoms with Crippen LogP contribution in [-0.2, 0) is 0 Å². The molecule has 1 saturated heterocycles. The summed E-state index contributed by atoms with van der Waals surface area (Å²) in [5, 5.41) is 10.4. The van der Waals surface area contributed by atoms with Gasteiger partial charge in [-0.1, -0.05) is 40.0 Å². The summed E-state index contributed by atoms with van der Waals surface area (Å²) in [6.07, 6.45) is 1.44. The van der Waals surface area contributed by atoms with E-state index in [9.17, 15) is 14.4 Å². The average Bonchev–Trinajstić information content (AvgIpc) is 3.67. The van der Waals surface area contributed by atoms with E-state index >= 15 is 0 Å². The highest BCUT2D eigenvalue weighted by Gasteiger charge is 2.31. The first-order valence-electron chi connectivity index (χ1n) is 11.6. The van der Waals surface area contributed by atoms with Gasteiger partial charge in [0.25, 0.3) is 17.7 Å². The number of piperidine rings is 1. The van der Waals surface area contributed by atoms with E-state index in [1.165, 1.54) is 11.3 Å². The van der Waals surface area contributed by atoms with Crippen molar-refractivity contribution in [2.24, 2.45) is 0 Å². The Balaban J connectivity index is 1.18. The monoisotopic (exact) mass is 537 g/mol. The molecule has 0 radical (unpaired) electrons. The number of aryl methyl sites for hydroxylation is 2. The van der Waals surface area contributed by atoms with E-state index in [1.54, 1.807) is 19.2 Å². The molecule has 0 atom stereocenters. The number of nitrogens with one attached hydrogen (secondary N) is 2. The summed E-state index contributed by atoms with van der Waals surface area (Å²) in [6, 6.07) is 9.51. The van der Waals surface area contributed by atoms with Crippen molar-refractivity contribution in [3.05, 3.63) is 68.3 Å². The molecular formula is C24H23N7O4S2. The van der Waals surface area contributed by atoms with Gasteiger partial charge in [0.15, 0.2) is 0 Å². The Hall–Kier alpha value is -3.97. The first kappa shape index (κ1) is 24.7. The van der Waals surface area contributed by atoms with Crippen LogP contribution in [0.4, 0.5) is 0 Å². The number of hydrazine groups is 1. The van der Waals surface area contributed by atoms with Crippen molar-refractivity contribution in [2.45, 2.75) is 32.6 Å². The van der Waals surface area contributed by atoms with Crippen molar-refractivity contribution < 1.29 is 18.9 Å². The molecule has 1 aromatic carbocycles. The van der Waals surface area contributed by atoms with E-state index in [-0.39, 0.29) is 17.5 Å². The Kier molecular flexibility index (Phi) is 7.06. The number of amides is 3. The predicted molar refractivity (Wildman–Crippen MR) is 136 cm³/mol. The zero-order valence-electron chi connectivity index (χ0n) is 20.1. The van der Waals surface area contributed by atoms with Gasteiger partial charge in [-0.15, -0.1) is 16.4 Å². The van der Waals surface area contributed by atoms with Crippen LogP contribution in [0.25, 0.3) is 11.3 Å². The van der Waals surface area contributed by atoms with Gasteiger partial charge < -0.3 is 9.42 Å². The van der Waals surface area contributed by atoms with Crippen LogP contribution in [-0.4, -0.2) is 55.4 Å². The quantitative estimate of drug-likeness (QED) is 0.369. The molecule has 11 nitrogen and oxygen atoms in total. The molecular weight excluding hydrogens is 514 g/mol. The van der Waals surface area contributed by atoms with Crippen LogP contribution in [0.1, 0.15) is 65.7 Å². The first-order valence-corrected chi connectivity index (χ1v) is 13.2. The second-order valence-electron chi connectivity index (χ2n) is 8.56. The lowest BCUT2D eigenvalue weighted by atomic mass is 9.96. The highest BCUT2D eigenvalue weighted by Crippen LogP contribution is 2.32. The van der Waals surface area contributed by atoms with Crippen LogP contribution >= 0.6 is 22.9 Å². The number of aromatic nitrogens is 4. The fraction of sp³-hybridized carbons (Fsp3) is 0.292. The van der Waals surface area contributed by atoms with Gasteiger partial charge in [0, 0.05) is 30.0 Å². The highest BCUT2D eigenvalue weighted by molar-refractivity contribution is 7.10. The lowest BCUT2D eigenvalue weighted by Gasteiger charge is -2.31. The van der Waals surface area contributed by atoms with Crippen LogP contribution in [0.3, 0.4) is 0 Å². The van der Waals surface area contributed by atoms with Crippen LogP contribution in [0.15, 0.2) is 40.2 Å². The SMILES string of the molecule is Cc1nnsc1C(=O)NNC(=O)c1csc(C2CCN(C(=O)c3c(-c4ccccc4)noc3C)CC2)n1. The van der Waals surface area contributed by atoms with Crippen molar-refractivity contribution in [3.8, 4) is 11.3 Å². The molecule has 3 amide bonds. The first-order chi connectivity index (χ1) is 17.9. The fourth-order valence-electron chi connectivity index (χ4n) is 4.16. The highest BCUT2D eigenvalue weighted by atomic mass is 32.1. The van der Waals surface area contributed by atoms with Crippen molar-refractivity contribution >= 4 is 40.6 Å². The van der Waals surface area contributed by atoms with Crippen LogP contribution < -0.4 is 10.9 Å². The number of hydrogen-bond acceptors (Lipinski definition) is 10. The minimum atomic E-state index is -0.505. The molecule has 37 heavy (non-hydrogen) atoms. The minimum Gasteiger partial charge on any atom is -0.360 e. The molecule has 4 aromatic rings. The van der Waals surface area contributed by atoms with Gasteiger partial charge in [0.2, 0.25) is 0 Å². The lowest BCUT2D eigenvalue weighted by Crippen LogP contribution is -2.41. The number of benzene rings is 1. The second kappa shape index (κ2) is 10.6. The van der Waals surface area contributed by atoms with Crippen molar-refractivity contribution in [1.82, 2.24) is 35.5 Å². The summed E-state index contributed by atoms with van der Waals surface area (Å²) < 4.78 is 9.07. The Labute approximate surface area is 220 Å². The van der Waals surface area contributed by atoms with Crippen molar-refractivity contribution in [2.75, 3.05) is 13.1 Å². The Bertz CT molecular complexity index is 1440. The smallest absolute Gasteiger partial charge is 0.289 e. The third kappa shape index (κ3) is 5.13. The summed E-state index contributed by atoms with van der Waals surface area (Å²) >= 11 is 2.35. The molecule has 0 unspecified atom stereocenters. The van der Waals surface area contributed by atoms with Gasteiger partial charge in [-0.3, -0.25) is 25.2 Å². The van der Waals surface area contributed by atoms with Crippen molar-refractivity contribution in [3.63, 3.8) is 0 Å². The molecule has 2 N–H and O–H groups in total. The molecule has 3 aromatic heterocycles. The fourth-order valence-corrected chi connectivity index (χ4v) is 5.68. The molecule has 0 bridgehead atoms. The lowest BCUT2D eigenvalue weighted by molar-refractivity contribution is 0.0711. The second-order valence-corrected chi connectivity index (χ2v) is 10.2. The maximum Gasteiger partial charge on any atom is 0.289 e. The third-order valence-corrected chi connectivity index (χ3v) is 7.99. The summed E-state index contributed by atoms with van der Waals surface area (Å²) in [7, 11) is 0. The maximum atomic E-state index is 13.4. The number of hydrogen-bond donors (Lipinski definition) is 2. The predicted octanol–water partition coefficient (Wildman–Crippen LogP) is 3.36. The summed E-state index contributed by atoms with van der Waals surface area (Å²) in [4.78, 5) is 44.6. The largest absolute Gasteiger partial charge is 0.360 e. The number of nitrogens with zero attached hydrogens (tertiary/aromatic N) is 5. The normalized spacial score (nSPS) is 13.9. The molecule has 1 aliphatic heterocycles. The molecule has 13 heteroatoms. The minimum absolute atomic E-state index is 0.0997. The van der Waals surface area contributed by atoms with Gasteiger partial charge >= 0.3 is 0 Å². The number of carbonyl (C=O) groups is 3. The zero-order chi connectivity index (χ0) is 25.9. The molecule has 1 fully saturated rings. The topological polar surface area (TPSA) is 143 Å². The average molecular weight is 538 g/mol. The van der Waals surface area contributed by atoms with Crippen LogP contribution in [0, 0.1) is 13.8 Å². The standard InChI is InChI=1S/C24H23N7O4S2/c1-13-20(37-30-26-13)22(33)28-27-21(32)17-12-36-23(25-17)16-8-10-31(11-9-16)24(34)18-14(2)35-29-19(18)15-6-4-3-5-7-15/h3-7,12,16H,8-11H2,1-2H3,(H,27,32)(H,28,33). The van der Waals surface area contributed by atoms with Crippen molar-refractivity contribution in [1.29, 1.82) is 0 Å². The summed E-state index contributed by atoms with van der Waals surface area (Å²) in [6.45, 7) is 4.53. The van der Waals surface area contributed by atoms with E-state index in [0.717, 1.165) is 34.9 Å².